The van der Waals surface area contributed by atoms with Gasteiger partial charge in [0, 0.05) is 0 Å². The topological polar surface area (TPSA) is 72.9 Å². The second kappa shape index (κ2) is 7.85. The molecule has 1 aromatic carbocycles. The third-order valence-corrected chi connectivity index (χ3v) is 3.19. The number of nitrogens with zero attached hydrogens (tertiary/aromatic N) is 1. The maximum absolute atomic E-state index is 12.4. The predicted octanol–water partition coefficient (Wildman–Crippen LogP) is 1.78. The van der Waals surface area contributed by atoms with E-state index in [0.717, 1.165) is 4.90 Å². The number of hydrogen-bond acceptors (Lipinski definition) is 5. The summed E-state index contributed by atoms with van der Waals surface area (Å²) in [5.41, 5.74) is 0.00800. The average molecular weight is 334 g/mol. The van der Waals surface area contributed by atoms with E-state index in [-0.39, 0.29) is 15.6 Å². The zero-order valence-electron chi connectivity index (χ0n) is 11.4. The minimum Gasteiger partial charge on any atom is -0.468 e. The van der Waals surface area contributed by atoms with E-state index in [1.807, 2.05) is 0 Å². The van der Waals surface area contributed by atoms with Crippen molar-refractivity contribution in [2.24, 2.45) is 0 Å². The van der Waals surface area contributed by atoms with Crippen LogP contribution in [0.1, 0.15) is 10.4 Å². The number of amides is 1. The minimum absolute atomic E-state index is 0.00800. The van der Waals surface area contributed by atoms with Crippen LogP contribution in [0.15, 0.2) is 18.2 Å². The van der Waals surface area contributed by atoms with Gasteiger partial charge in [0.25, 0.3) is 5.91 Å². The lowest BCUT2D eigenvalue weighted by atomic mass is 10.2. The van der Waals surface area contributed by atoms with Crippen molar-refractivity contribution >= 4 is 41.0 Å². The van der Waals surface area contributed by atoms with Crippen LogP contribution >= 0.6 is 23.2 Å². The summed E-state index contributed by atoms with van der Waals surface area (Å²) >= 11 is 11.9. The third-order valence-electron chi connectivity index (χ3n) is 2.56. The van der Waals surface area contributed by atoms with Crippen LogP contribution in [0.3, 0.4) is 0 Å². The van der Waals surface area contributed by atoms with Gasteiger partial charge < -0.3 is 14.4 Å². The number of hydrogen-bond donors (Lipinski definition) is 0. The maximum atomic E-state index is 12.4. The summed E-state index contributed by atoms with van der Waals surface area (Å²) in [6.07, 6.45) is 0. The lowest BCUT2D eigenvalue weighted by molar-refractivity contribution is -0.144. The summed E-state index contributed by atoms with van der Waals surface area (Å²) < 4.78 is 8.98. The van der Waals surface area contributed by atoms with E-state index >= 15 is 0 Å². The quantitative estimate of drug-likeness (QED) is 0.768. The fraction of sp³-hybridized carbons (Fsp3) is 0.308. The molecule has 0 aromatic heterocycles. The van der Waals surface area contributed by atoms with Crippen molar-refractivity contribution < 1.29 is 23.9 Å². The largest absolute Gasteiger partial charge is 0.468 e. The lowest BCUT2D eigenvalue weighted by Crippen LogP contribution is -2.40. The van der Waals surface area contributed by atoms with Gasteiger partial charge in [-0.2, -0.15) is 0 Å². The molecule has 0 spiro atoms. The van der Waals surface area contributed by atoms with E-state index in [1.165, 1.54) is 26.4 Å². The summed E-state index contributed by atoms with van der Waals surface area (Å²) in [6.45, 7) is -0.849. The SMILES string of the molecule is COC(=O)CN(CC(=O)OC)C(=O)c1c(Cl)cccc1Cl. The zero-order valence-corrected chi connectivity index (χ0v) is 12.9. The number of carbonyl (C=O) groups is 3. The molecule has 0 aliphatic carbocycles. The van der Waals surface area contributed by atoms with E-state index in [4.69, 9.17) is 23.2 Å². The molecule has 1 aromatic rings. The first-order valence-corrected chi connectivity index (χ1v) is 6.53. The highest BCUT2D eigenvalue weighted by molar-refractivity contribution is 6.39. The van der Waals surface area contributed by atoms with E-state index < -0.39 is 30.9 Å². The second-order valence-corrected chi connectivity index (χ2v) is 4.72. The van der Waals surface area contributed by atoms with Crippen LogP contribution in [0.5, 0.6) is 0 Å². The van der Waals surface area contributed by atoms with Crippen LogP contribution in [0.25, 0.3) is 0 Å². The number of methoxy groups -OCH3 is 2. The molecule has 0 aliphatic rings. The Morgan fingerprint density at radius 3 is 1.81 bits per heavy atom. The summed E-state index contributed by atoms with van der Waals surface area (Å²) in [6, 6.07) is 4.54. The number of rotatable bonds is 5. The standard InChI is InChI=1S/C13H13Cl2NO5/c1-20-10(17)6-16(7-11(18)21-2)13(19)12-8(14)4-3-5-9(12)15/h3-5H,6-7H2,1-2H3. The number of ether oxygens (including phenoxy) is 2. The lowest BCUT2D eigenvalue weighted by Gasteiger charge is -2.21. The molecule has 8 heteroatoms. The van der Waals surface area contributed by atoms with Crippen LogP contribution in [0.4, 0.5) is 0 Å². The number of esters is 2. The Morgan fingerprint density at radius 1 is 1.00 bits per heavy atom. The van der Waals surface area contributed by atoms with Gasteiger partial charge in [-0.05, 0) is 12.1 Å². The summed E-state index contributed by atoms with van der Waals surface area (Å²) in [4.78, 5) is 36.1. The highest BCUT2D eigenvalue weighted by Gasteiger charge is 2.25. The van der Waals surface area contributed by atoms with Gasteiger partial charge in [0.1, 0.15) is 13.1 Å². The van der Waals surface area contributed by atoms with E-state index in [1.54, 1.807) is 6.07 Å². The highest BCUT2D eigenvalue weighted by Crippen LogP contribution is 2.25. The van der Waals surface area contributed by atoms with Gasteiger partial charge in [-0.15, -0.1) is 0 Å². The normalized spacial score (nSPS) is 9.90. The van der Waals surface area contributed by atoms with Crippen LogP contribution in [-0.4, -0.2) is 50.1 Å². The monoisotopic (exact) mass is 333 g/mol. The molecule has 0 aliphatic heterocycles. The van der Waals surface area contributed by atoms with Gasteiger partial charge >= 0.3 is 11.9 Å². The van der Waals surface area contributed by atoms with Crippen molar-refractivity contribution in [1.82, 2.24) is 4.90 Å². The van der Waals surface area contributed by atoms with Crippen molar-refractivity contribution in [3.63, 3.8) is 0 Å². The highest BCUT2D eigenvalue weighted by atomic mass is 35.5. The van der Waals surface area contributed by atoms with Crippen molar-refractivity contribution in [3.05, 3.63) is 33.8 Å². The van der Waals surface area contributed by atoms with Crippen LogP contribution in [0.2, 0.25) is 10.0 Å². The summed E-state index contributed by atoms with van der Waals surface area (Å²) in [5.74, 6) is -2.03. The first kappa shape index (κ1) is 17.3. The fourth-order valence-corrected chi connectivity index (χ4v) is 2.06. The Bertz CT molecular complexity index is 523. The molecule has 0 bridgehead atoms. The molecule has 21 heavy (non-hydrogen) atoms. The van der Waals surface area contributed by atoms with Gasteiger partial charge in [-0.1, -0.05) is 29.3 Å². The molecular weight excluding hydrogens is 321 g/mol. The minimum atomic E-state index is -0.685. The third kappa shape index (κ3) is 4.61. The van der Waals surface area contributed by atoms with Gasteiger partial charge in [-0.25, -0.2) is 0 Å². The Hall–Kier alpha value is -1.79. The number of carbonyl (C=O) groups excluding carboxylic acids is 3. The fourth-order valence-electron chi connectivity index (χ4n) is 1.50. The van der Waals surface area contributed by atoms with Gasteiger partial charge in [0.15, 0.2) is 0 Å². The van der Waals surface area contributed by atoms with Crippen LogP contribution in [0, 0.1) is 0 Å². The van der Waals surface area contributed by atoms with Crippen molar-refractivity contribution in [3.8, 4) is 0 Å². The molecule has 0 saturated carbocycles. The van der Waals surface area contributed by atoms with E-state index in [0.29, 0.717) is 0 Å². The Balaban J connectivity index is 3.09. The summed E-state index contributed by atoms with van der Waals surface area (Å²) in [7, 11) is 2.34. The van der Waals surface area contributed by atoms with Gasteiger partial charge in [-0.3, -0.25) is 14.4 Å². The second-order valence-electron chi connectivity index (χ2n) is 3.91. The molecular formula is C13H13Cl2NO5. The first-order valence-electron chi connectivity index (χ1n) is 5.77. The molecule has 0 heterocycles. The first-order chi connectivity index (χ1) is 9.90. The number of halogens is 2. The van der Waals surface area contributed by atoms with E-state index in [9.17, 15) is 14.4 Å². The smallest absolute Gasteiger partial charge is 0.325 e. The molecule has 0 N–H and O–H groups in total. The van der Waals surface area contributed by atoms with Crippen LogP contribution in [-0.2, 0) is 19.1 Å². The number of benzene rings is 1. The van der Waals surface area contributed by atoms with Gasteiger partial charge in [0.05, 0.1) is 29.8 Å². The molecule has 114 valence electrons. The molecule has 0 unspecified atom stereocenters. The van der Waals surface area contributed by atoms with Gasteiger partial charge in [0.2, 0.25) is 0 Å². The molecule has 0 atom stereocenters. The molecule has 1 amide bonds. The van der Waals surface area contributed by atoms with Crippen LogP contribution < -0.4 is 0 Å². The zero-order chi connectivity index (χ0) is 16.0. The Labute approximate surface area is 131 Å². The molecule has 0 saturated heterocycles. The van der Waals surface area contributed by atoms with Crippen molar-refractivity contribution in [2.75, 3.05) is 27.3 Å². The van der Waals surface area contributed by atoms with Crippen molar-refractivity contribution in [1.29, 1.82) is 0 Å². The molecule has 0 radical (unpaired) electrons. The molecule has 6 nitrogen and oxygen atoms in total. The van der Waals surface area contributed by atoms with Crippen molar-refractivity contribution in [2.45, 2.75) is 0 Å². The Kier molecular flexibility index (Phi) is 6.45. The average Bonchev–Trinajstić information content (AvgIpc) is 2.45. The summed E-state index contributed by atoms with van der Waals surface area (Å²) in [5, 5.41) is 0.236. The molecule has 0 fully saturated rings. The Morgan fingerprint density at radius 2 is 1.43 bits per heavy atom. The van der Waals surface area contributed by atoms with E-state index in [2.05, 4.69) is 9.47 Å². The predicted molar refractivity (Wildman–Crippen MR) is 76.4 cm³/mol. The maximum Gasteiger partial charge on any atom is 0.325 e. The molecule has 1 rings (SSSR count).